The molecule has 21 heavy (non-hydrogen) atoms. The quantitative estimate of drug-likeness (QED) is 0.845. The predicted octanol–water partition coefficient (Wildman–Crippen LogP) is 1.78. The summed E-state index contributed by atoms with van der Waals surface area (Å²) >= 11 is 0. The molecule has 0 aliphatic heterocycles. The van der Waals surface area contributed by atoms with Gasteiger partial charge in [-0.2, -0.15) is 0 Å². The van der Waals surface area contributed by atoms with Crippen LogP contribution in [0.4, 0.5) is 10.2 Å². The fourth-order valence-electron chi connectivity index (χ4n) is 1.68. The molecule has 1 heterocycles. The zero-order valence-electron chi connectivity index (χ0n) is 11.4. The fraction of sp³-hybridized carbons (Fsp3) is 0.133. The Kier molecular flexibility index (Phi) is 4.61. The van der Waals surface area contributed by atoms with Crippen LogP contribution in [0.2, 0.25) is 0 Å². The summed E-state index contributed by atoms with van der Waals surface area (Å²) in [4.78, 5) is 27.4. The highest BCUT2D eigenvalue weighted by atomic mass is 19.1. The molecule has 0 atom stereocenters. The first kappa shape index (κ1) is 14.6. The van der Waals surface area contributed by atoms with Crippen LogP contribution in [0.3, 0.4) is 0 Å². The van der Waals surface area contributed by atoms with Crippen molar-refractivity contribution in [2.75, 3.05) is 5.32 Å². The van der Waals surface area contributed by atoms with Gasteiger partial charge in [0.25, 0.3) is 0 Å². The number of rotatable bonds is 3. The van der Waals surface area contributed by atoms with Crippen LogP contribution in [-0.2, 0) is 16.1 Å². The van der Waals surface area contributed by atoms with Crippen molar-refractivity contribution < 1.29 is 14.0 Å². The molecule has 2 rings (SSSR count). The zero-order chi connectivity index (χ0) is 15.2. The number of anilines is 1. The maximum absolute atomic E-state index is 13.4. The van der Waals surface area contributed by atoms with Crippen LogP contribution in [0, 0.1) is 12.7 Å². The van der Waals surface area contributed by atoms with Crippen LogP contribution in [0.25, 0.3) is 0 Å². The van der Waals surface area contributed by atoms with Gasteiger partial charge in [-0.1, -0.05) is 24.3 Å². The Morgan fingerprint density at radius 3 is 2.57 bits per heavy atom. The van der Waals surface area contributed by atoms with E-state index in [1.807, 2.05) is 0 Å². The van der Waals surface area contributed by atoms with Crippen LogP contribution in [0.15, 0.2) is 42.5 Å². The monoisotopic (exact) mass is 287 g/mol. The van der Waals surface area contributed by atoms with E-state index in [0.717, 1.165) is 5.69 Å². The van der Waals surface area contributed by atoms with Gasteiger partial charge in [0, 0.05) is 17.8 Å². The summed E-state index contributed by atoms with van der Waals surface area (Å²) in [5.41, 5.74) is 1.03. The first-order valence-corrected chi connectivity index (χ1v) is 6.32. The second-order valence-electron chi connectivity index (χ2n) is 4.39. The van der Waals surface area contributed by atoms with Crippen LogP contribution in [0.5, 0.6) is 0 Å². The van der Waals surface area contributed by atoms with Crippen molar-refractivity contribution in [2.24, 2.45) is 0 Å². The number of nitrogens with one attached hydrogen (secondary N) is 2. The summed E-state index contributed by atoms with van der Waals surface area (Å²) in [6.07, 6.45) is 0. The Morgan fingerprint density at radius 2 is 1.86 bits per heavy atom. The van der Waals surface area contributed by atoms with E-state index >= 15 is 0 Å². The topological polar surface area (TPSA) is 71.1 Å². The van der Waals surface area contributed by atoms with Gasteiger partial charge >= 0.3 is 11.8 Å². The Balaban J connectivity index is 1.91. The van der Waals surface area contributed by atoms with Gasteiger partial charge in [0.1, 0.15) is 11.6 Å². The number of nitrogens with zero attached hydrogens (tertiary/aromatic N) is 1. The lowest BCUT2D eigenvalue weighted by molar-refractivity contribution is -0.136. The molecule has 1 aromatic carbocycles. The van der Waals surface area contributed by atoms with Gasteiger partial charge in [-0.15, -0.1) is 0 Å². The molecule has 5 nitrogen and oxygen atoms in total. The van der Waals surface area contributed by atoms with Crippen LogP contribution in [-0.4, -0.2) is 16.8 Å². The molecule has 0 spiro atoms. The number of carbonyl (C=O) groups excluding carboxylic acids is 2. The maximum atomic E-state index is 13.4. The van der Waals surface area contributed by atoms with Crippen molar-refractivity contribution in [1.82, 2.24) is 10.3 Å². The third kappa shape index (κ3) is 4.10. The molecule has 2 N–H and O–H groups in total. The molecule has 1 aromatic heterocycles. The largest absolute Gasteiger partial charge is 0.344 e. The summed E-state index contributed by atoms with van der Waals surface area (Å²) in [6, 6.07) is 11.1. The first-order chi connectivity index (χ1) is 10.1. The van der Waals surface area contributed by atoms with E-state index in [2.05, 4.69) is 15.6 Å². The molecular weight excluding hydrogens is 273 g/mol. The number of pyridine rings is 1. The summed E-state index contributed by atoms with van der Waals surface area (Å²) in [5, 5.41) is 4.73. The number of aromatic nitrogens is 1. The van der Waals surface area contributed by atoms with E-state index in [1.54, 1.807) is 37.3 Å². The standard InChI is InChI=1S/C15H14FN3O2/c1-10-5-4-8-13(18-10)19-15(21)14(20)17-9-11-6-2-3-7-12(11)16/h2-8H,9H2,1H3,(H,17,20)(H,18,19,21). The molecule has 2 aromatic rings. The van der Waals surface area contributed by atoms with Gasteiger partial charge in [-0.3, -0.25) is 9.59 Å². The van der Waals surface area contributed by atoms with E-state index in [0.29, 0.717) is 11.4 Å². The van der Waals surface area contributed by atoms with Crippen molar-refractivity contribution in [3.8, 4) is 0 Å². The van der Waals surface area contributed by atoms with Gasteiger partial charge in [0.05, 0.1) is 0 Å². The zero-order valence-corrected chi connectivity index (χ0v) is 11.4. The molecule has 0 bridgehead atoms. The van der Waals surface area contributed by atoms with Gasteiger partial charge in [0.15, 0.2) is 0 Å². The number of benzene rings is 1. The number of carbonyl (C=O) groups is 2. The molecular formula is C15H14FN3O2. The van der Waals surface area contributed by atoms with Crippen LogP contribution >= 0.6 is 0 Å². The molecule has 0 radical (unpaired) electrons. The molecule has 0 saturated heterocycles. The molecule has 0 fully saturated rings. The molecule has 0 saturated carbocycles. The van der Waals surface area contributed by atoms with Gasteiger partial charge < -0.3 is 10.6 Å². The van der Waals surface area contributed by atoms with Gasteiger partial charge in [-0.25, -0.2) is 9.37 Å². The number of hydrogen-bond acceptors (Lipinski definition) is 3. The molecule has 6 heteroatoms. The minimum Gasteiger partial charge on any atom is -0.344 e. The summed E-state index contributed by atoms with van der Waals surface area (Å²) in [6.45, 7) is 1.72. The Morgan fingerprint density at radius 1 is 1.10 bits per heavy atom. The minimum absolute atomic E-state index is 0.0554. The van der Waals surface area contributed by atoms with E-state index in [1.165, 1.54) is 12.1 Å². The number of hydrogen-bond donors (Lipinski definition) is 2. The lowest BCUT2D eigenvalue weighted by atomic mass is 10.2. The van der Waals surface area contributed by atoms with Crippen molar-refractivity contribution in [2.45, 2.75) is 13.5 Å². The fourth-order valence-corrected chi connectivity index (χ4v) is 1.68. The van der Waals surface area contributed by atoms with E-state index in [9.17, 15) is 14.0 Å². The van der Waals surface area contributed by atoms with Crippen LogP contribution < -0.4 is 10.6 Å². The molecule has 108 valence electrons. The second kappa shape index (κ2) is 6.60. The number of amides is 2. The van der Waals surface area contributed by atoms with E-state index < -0.39 is 17.6 Å². The number of halogens is 1. The molecule has 0 unspecified atom stereocenters. The number of aryl methyl sites for hydroxylation is 1. The summed E-state index contributed by atoms with van der Waals surface area (Å²) < 4.78 is 13.4. The van der Waals surface area contributed by atoms with Crippen molar-refractivity contribution >= 4 is 17.6 Å². The lowest BCUT2D eigenvalue weighted by Crippen LogP contribution is -2.35. The second-order valence-corrected chi connectivity index (χ2v) is 4.39. The highest BCUT2D eigenvalue weighted by Crippen LogP contribution is 2.06. The van der Waals surface area contributed by atoms with Crippen LogP contribution in [0.1, 0.15) is 11.3 Å². The highest BCUT2D eigenvalue weighted by molar-refractivity contribution is 6.39. The Bertz CT molecular complexity index is 673. The van der Waals surface area contributed by atoms with Crippen molar-refractivity contribution in [3.63, 3.8) is 0 Å². The average Bonchev–Trinajstić information content (AvgIpc) is 2.46. The van der Waals surface area contributed by atoms with E-state index in [4.69, 9.17) is 0 Å². The van der Waals surface area contributed by atoms with Crippen molar-refractivity contribution in [3.05, 3.63) is 59.5 Å². The summed E-state index contributed by atoms with van der Waals surface area (Å²) in [7, 11) is 0. The molecule has 0 aliphatic rings. The minimum atomic E-state index is -0.846. The smallest absolute Gasteiger partial charge is 0.314 e. The average molecular weight is 287 g/mol. The summed E-state index contributed by atoms with van der Waals surface area (Å²) in [5.74, 6) is -1.83. The van der Waals surface area contributed by atoms with Gasteiger partial charge in [0.2, 0.25) is 0 Å². The van der Waals surface area contributed by atoms with Crippen molar-refractivity contribution in [1.29, 1.82) is 0 Å². The maximum Gasteiger partial charge on any atom is 0.314 e. The predicted molar refractivity (Wildman–Crippen MR) is 75.9 cm³/mol. The highest BCUT2D eigenvalue weighted by Gasteiger charge is 2.14. The third-order valence-electron chi connectivity index (χ3n) is 2.73. The lowest BCUT2D eigenvalue weighted by Gasteiger charge is -2.07. The first-order valence-electron chi connectivity index (χ1n) is 6.32. The van der Waals surface area contributed by atoms with E-state index in [-0.39, 0.29) is 6.54 Å². The SMILES string of the molecule is Cc1cccc(NC(=O)C(=O)NCc2ccccc2F)n1. The molecule has 2 amide bonds. The Labute approximate surface area is 121 Å². The molecule has 0 aliphatic carbocycles. The van der Waals surface area contributed by atoms with Gasteiger partial charge in [-0.05, 0) is 25.1 Å². The Hall–Kier alpha value is -2.76. The normalized spacial score (nSPS) is 10.0. The third-order valence-corrected chi connectivity index (χ3v) is 2.73.